The van der Waals surface area contributed by atoms with E-state index in [-0.39, 0.29) is 16.7 Å². The van der Waals surface area contributed by atoms with Crippen molar-refractivity contribution in [3.05, 3.63) is 59.7 Å². The molecule has 4 rings (SSSR count). The molecule has 0 aliphatic carbocycles. The van der Waals surface area contributed by atoms with E-state index in [0.717, 1.165) is 24.8 Å². The van der Waals surface area contributed by atoms with Gasteiger partial charge in [-0.05, 0) is 42.2 Å². The summed E-state index contributed by atoms with van der Waals surface area (Å²) in [5.74, 6) is -0.400. The van der Waals surface area contributed by atoms with Crippen LogP contribution in [0.4, 0.5) is 5.69 Å². The van der Waals surface area contributed by atoms with Crippen LogP contribution in [0, 0.1) is 0 Å². The Morgan fingerprint density at radius 3 is 2.38 bits per heavy atom. The van der Waals surface area contributed by atoms with E-state index in [1.54, 1.807) is 30.1 Å². The summed E-state index contributed by atoms with van der Waals surface area (Å²) in [5, 5.41) is 0. The molecule has 7 nitrogen and oxygen atoms in total. The van der Waals surface area contributed by atoms with Gasteiger partial charge in [0.25, 0.3) is 0 Å². The van der Waals surface area contributed by atoms with E-state index >= 15 is 0 Å². The van der Waals surface area contributed by atoms with Gasteiger partial charge in [-0.3, -0.25) is 14.5 Å². The lowest BCUT2D eigenvalue weighted by Crippen LogP contribution is -2.47. The Labute approximate surface area is 189 Å². The lowest BCUT2D eigenvalue weighted by Gasteiger charge is -2.28. The predicted octanol–water partition coefficient (Wildman–Crippen LogP) is 2.80. The number of carbonyl (C=O) groups is 2. The van der Waals surface area contributed by atoms with Gasteiger partial charge in [0.2, 0.25) is 21.8 Å². The maximum atomic E-state index is 13.3. The number of anilines is 1. The highest BCUT2D eigenvalue weighted by atomic mass is 32.2. The number of sulfonamides is 1. The first-order valence-electron chi connectivity index (χ1n) is 11.0. The first-order chi connectivity index (χ1) is 15.3. The number of fused-ring (bicyclic) bond motifs is 1. The standard InChI is InChI=1S/C24H29N3O4S/c1-18(28)27-22-12-11-21(32(30,31)26-13-7-4-8-14-26)15-20(22)16-23(27)24(29)25(2)17-19-9-5-3-6-10-19/h3,5-6,9-12,15,23H,4,7-8,13-14,16-17H2,1-2H3/t23-/m1/s1. The van der Waals surface area contributed by atoms with Crippen LogP contribution in [0.5, 0.6) is 0 Å². The Bertz CT molecular complexity index is 1110. The molecule has 1 saturated heterocycles. The fraction of sp³-hybridized carbons (Fsp3) is 0.417. The molecule has 0 saturated carbocycles. The minimum absolute atomic E-state index is 0.166. The average Bonchev–Trinajstić information content (AvgIpc) is 3.19. The van der Waals surface area contributed by atoms with E-state index in [4.69, 9.17) is 0 Å². The second kappa shape index (κ2) is 9.03. The lowest BCUT2D eigenvalue weighted by molar-refractivity contribution is -0.133. The van der Waals surface area contributed by atoms with Gasteiger partial charge in [-0.1, -0.05) is 36.8 Å². The molecule has 0 spiro atoms. The van der Waals surface area contributed by atoms with Crippen LogP contribution >= 0.6 is 0 Å². The van der Waals surface area contributed by atoms with Crippen LogP contribution in [0.1, 0.15) is 37.3 Å². The monoisotopic (exact) mass is 455 g/mol. The van der Waals surface area contributed by atoms with Crippen LogP contribution in [0.3, 0.4) is 0 Å². The Balaban J connectivity index is 1.59. The average molecular weight is 456 g/mol. The van der Waals surface area contributed by atoms with Gasteiger partial charge in [-0.25, -0.2) is 8.42 Å². The Morgan fingerprint density at radius 2 is 1.72 bits per heavy atom. The maximum absolute atomic E-state index is 13.3. The Kier molecular flexibility index (Phi) is 6.35. The summed E-state index contributed by atoms with van der Waals surface area (Å²) in [6.45, 7) is 2.94. The summed E-state index contributed by atoms with van der Waals surface area (Å²) in [6, 6.07) is 13.9. The zero-order chi connectivity index (χ0) is 22.9. The molecule has 2 aliphatic heterocycles. The Hall–Kier alpha value is -2.71. The summed E-state index contributed by atoms with van der Waals surface area (Å²) in [7, 11) is -1.86. The third kappa shape index (κ3) is 4.29. The largest absolute Gasteiger partial charge is 0.340 e. The van der Waals surface area contributed by atoms with Crippen molar-refractivity contribution in [2.24, 2.45) is 0 Å². The normalized spacial score (nSPS) is 18.9. The number of likely N-dealkylation sites (N-methyl/N-ethyl adjacent to an activating group) is 1. The van der Waals surface area contributed by atoms with Crippen LogP contribution in [0.2, 0.25) is 0 Å². The number of amides is 2. The van der Waals surface area contributed by atoms with E-state index in [0.29, 0.717) is 37.3 Å². The summed E-state index contributed by atoms with van der Waals surface area (Å²) < 4.78 is 27.7. The van der Waals surface area contributed by atoms with Gasteiger partial charge in [0.1, 0.15) is 6.04 Å². The molecule has 1 atom stereocenters. The van der Waals surface area contributed by atoms with Crippen LogP contribution in [-0.2, 0) is 32.6 Å². The van der Waals surface area contributed by atoms with Gasteiger partial charge in [-0.2, -0.15) is 4.31 Å². The van der Waals surface area contributed by atoms with E-state index in [2.05, 4.69) is 0 Å². The molecule has 8 heteroatoms. The molecule has 32 heavy (non-hydrogen) atoms. The molecular formula is C24H29N3O4S. The topological polar surface area (TPSA) is 78.0 Å². The molecule has 2 aromatic carbocycles. The highest BCUT2D eigenvalue weighted by Gasteiger charge is 2.39. The van der Waals surface area contributed by atoms with Crippen LogP contribution in [-0.4, -0.2) is 55.6 Å². The number of nitrogens with zero attached hydrogens (tertiary/aromatic N) is 3. The van der Waals surface area contributed by atoms with Gasteiger partial charge >= 0.3 is 0 Å². The SMILES string of the molecule is CC(=O)N1c2ccc(S(=O)(=O)N3CCCCC3)cc2C[C@@H]1C(=O)N(C)Cc1ccccc1. The molecule has 170 valence electrons. The molecule has 0 bridgehead atoms. The van der Waals surface area contributed by atoms with Gasteiger partial charge in [-0.15, -0.1) is 0 Å². The summed E-state index contributed by atoms with van der Waals surface area (Å²) in [4.78, 5) is 29.1. The number of hydrogen-bond acceptors (Lipinski definition) is 4. The van der Waals surface area contributed by atoms with Crippen molar-refractivity contribution in [2.75, 3.05) is 25.0 Å². The van der Waals surface area contributed by atoms with Gasteiger partial charge in [0.05, 0.1) is 4.90 Å². The van der Waals surface area contributed by atoms with E-state index in [1.807, 2.05) is 30.3 Å². The van der Waals surface area contributed by atoms with Crippen molar-refractivity contribution in [3.8, 4) is 0 Å². The van der Waals surface area contributed by atoms with Crippen LogP contribution in [0.25, 0.3) is 0 Å². The summed E-state index contributed by atoms with van der Waals surface area (Å²) in [6.07, 6.45) is 3.08. The van der Waals surface area contributed by atoms with Gasteiger partial charge in [0, 0.05) is 45.7 Å². The van der Waals surface area contributed by atoms with Crippen molar-refractivity contribution in [2.45, 2.75) is 50.1 Å². The fourth-order valence-electron chi connectivity index (χ4n) is 4.62. The first-order valence-corrected chi connectivity index (χ1v) is 12.4. The molecule has 1 fully saturated rings. The predicted molar refractivity (Wildman–Crippen MR) is 123 cm³/mol. The van der Waals surface area contributed by atoms with Crippen molar-refractivity contribution < 1.29 is 18.0 Å². The highest BCUT2D eigenvalue weighted by Crippen LogP contribution is 2.35. The second-order valence-corrected chi connectivity index (χ2v) is 10.5. The van der Waals surface area contributed by atoms with Crippen LogP contribution in [0.15, 0.2) is 53.4 Å². The Morgan fingerprint density at radius 1 is 1.03 bits per heavy atom. The van der Waals surface area contributed by atoms with Crippen molar-refractivity contribution >= 4 is 27.5 Å². The third-order valence-corrected chi connectivity index (χ3v) is 8.15. The van der Waals surface area contributed by atoms with E-state index in [1.165, 1.54) is 16.1 Å². The number of carbonyl (C=O) groups excluding carboxylic acids is 2. The zero-order valence-corrected chi connectivity index (χ0v) is 19.3. The molecular weight excluding hydrogens is 426 g/mol. The highest BCUT2D eigenvalue weighted by molar-refractivity contribution is 7.89. The molecule has 0 N–H and O–H groups in total. The first kappa shape index (κ1) is 22.5. The fourth-order valence-corrected chi connectivity index (χ4v) is 6.19. The summed E-state index contributed by atoms with van der Waals surface area (Å²) >= 11 is 0. The molecule has 0 aromatic heterocycles. The van der Waals surface area contributed by atoms with Crippen molar-refractivity contribution in [3.63, 3.8) is 0 Å². The van der Waals surface area contributed by atoms with Crippen molar-refractivity contribution in [1.82, 2.24) is 9.21 Å². The number of piperidine rings is 1. The molecule has 2 amide bonds. The molecule has 0 radical (unpaired) electrons. The quantitative estimate of drug-likeness (QED) is 0.695. The lowest BCUT2D eigenvalue weighted by atomic mass is 10.1. The van der Waals surface area contributed by atoms with Crippen molar-refractivity contribution in [1.29, 1.82) is 0 Å². The summed E-state index contributed by atoms with van der Waals surface area (Å²) in [5.41, 5.74) is 2.33. The number of hydrogen-bond donors (Lipinski definition) is 0. The van der Waals surface area contributed by atoms with Gasteiger partial charge in [0.15, 0.2) is 0 Å². The second-order valence-electron chi connectivity index (χ2n) is 8.54. The molecule has 0 unspecified atom stereocenters. The van der Waals surface area contributed by atoms with E-state index in [9.17, 15) is 18.0 Å². The minimum Gasteiger partial charge on any atom is -0.340 e. The minimum atomic E-state index is -3.58. The number of rotatable bonds is 5. The maximum Gasteiger partial charge on any atom is 0.246 e. The number of benzene rings is 2. The van der Waals surface area contributed by atoms with Gasteiger partial charge < -0.3 is 4.90 Å². The molecule has 2 heterocycles. The smallest absolute Gasteiger partial charge is 0.246 e. The van der Waals surface area contributed by atoms with E-state index < -0.39 is 16.1 Å². The molecule has 2 aromatic rings. The molecule has 2 aliphatic rings. The van der Waals surface area contributed by atoms with Crippen LogP contribution < -0.4 is 4.90 Å². The zero-order valence-electron chi connectivity index (χ0n) is 18.5. The third-order valence-electron chi connectivity index (χ3n) is 6.25.